The number of benzene rings is 2. The Hall–Kier alpha value is -4.04. The highest BCUT2D eigenvalue weighted by Gasteiger charge is 2.55. The van der Waals surface area contributed by atoms with Crippen molar-refractivity contribution in [1.82, 2.24) is 20.3 Å². The summed E-state index contributed by atoms with van der Waals surface area (Å²) in [7, 11) is 0. The van der Waals surface area contributed by atoms with E-state index in [4.69, 9.17) is 9.72 Å². The highest BCUT2D eigenvalue weighted by atomic mass is 16.5. The highest BCUT2D eigenvalue weighted by Crippen LogP contribution is 2.64. The van der Waals surface area contributed by atoms with Crippen molar-refractivity contribution in [2.45, 2.75) is 64.3 Å². The first kappa shape index (κ1) is 26.8. The summed E-state index contributed by atoms with van der Waals surface area (Å²) in [5.41, 5.74) is 3.79. The largest absolute Gasteiger partial charge is 0.437 e. The van der Waals surface area contributed by atoms with Crippen LogP contribution >= 0.6 is 0 Å². The molecule has 1 aliphatic heterocycles. The zero-order valence-electron chi connectivity index (χ0n) is 24.2. The van der Waals surface area contributed by atoms with Gasteiger partial charge in [0.25, 0.3) is 0 Å². The third-order valence-electron chi connectivity index (χ3n) is 9.40. The van der Waals surface area contributed by atoms with Gasteiger partial charge in [0.2, 0.25) is 17.7 Å². The Morgan fingerprint density at radius 2 is 1.93 bits per heavy atom. The minimum absolute atomic E-state index is 0.100. The van der Waals surface area contributed by atoms with Crippen LogP contribution in [-0.4, -0.2) is 40.0 Å². The number of hydrogen-bond donors (Lipinski definition) is 3. The van der Waals surface area contributed by atoms with Crippen LogP contribution in [0.4, 0.5) is 11.6 Å². The van der Waals surface area contributed by atoms with Gasteiger partial charge in [-0.2, -0.15) is 0 Å². The molecule has 2 aromatic carbocycles. The second kappa shape index (κ2) is 11.3. The van der Waals surface area contributed by atoms with Crippen molar-refractivity contribution in [3.8, 4) is 22.9 Å². The van der Waals surface area contributed by atoms with Crippen molar-refractivity contribution < 1.29 is 9.53 Å². The summed E-state index contributed by atoms with van der Waals surface area (Å²) in [6, 6.07) is 16.1. The summed E-state index contributed by atoms with van der Waals surface area (Å²) in [6.07, 6.45) is 12.8. The standard InChI is InChI=1S/C34H38N6O2/c1-22-11-12-25-26(8-4-10-28(25)39-30(41)19-23-20-34(23)14-2-3-15-34)31(22)42-32-27(9-6-17-36-32)29-13-18-37-33(40-29)38-24-7-5-16-35-21-24/h4,6,8-13,17-18,23-24,35H,2-3,5,7,14-16,19-21H2,1H3,(H,39,41)(H,37,38,40)/t23-,24-/m0/s1. The average Bonchev–Trinajstić information content (AvgIpc) is 3.44. The minimum atomic E-state index is 0.100. The fraction of sp³-hybridized carbons (Fsp3) is 0.412. The predicted octanol–water partition coefficient (Wildman–Crippen LogP) is 6.87. The summed E-state index contributed by atoms with van der Waals surface area (Å²) in [6.45, 7) is 3.98. The number of rotatable bonds is 8. The normalized spacial score (nSPS) is 20.9. The van der Waals surface area contributed by atoms with E-state index in [0.717, 1.165) is 65.0 Å². The molecule has 7 rings (SSSR count). The molecular formula is C34H38N6O2. The molecule has 2 saturated carbocycles. The van der Waals surface area contributed by atoms with Gasteiger partial charge in [-0.05, 0) is 86.7 Å². The van der Waals surface area contributed by atoms with E-state index in [0.29, 0.717) is 35.6 Å². The number of amides is 1. The lowest BCUT2D eigenvalue weighted by Gasteiger charge is -2.23. The summed E-state index contributed by atoms with van der Waals surface area (Å²) >= 11 is 0. The number of aryl methyl sites for hydroxylation is 1. The molecule has 2 atom stereocenters. The van der Waals surface area contributed by atoms with Crippen molar-refractivity contribution in [3.05, 3.63) is 66.5 Å². The molecule has 4 aromatic rings. The Morgan fingerprint density at radius 1 is 1.02 bits per heavy atom. The third-order valence-corrected chi connectivity index (χ3v) is 9.40. The number of anilines is 2. The van der Waals surface area contributed by atoms with E-state index in [1.54, 1.807) is 12.4 Å². The van der Waals surface area contributed by atoms with Crippen molar-refractivity contribution in [2.24, 2.45) is 11.3 Å². The van der Waals surface area contributed by atoms with E-state index in [2.05, 4.69) is 32.0 Å². The topological polar surface area (TPSA) is 101 Å². The van der Waals surface area contributed by atoms with Crippen LogP contribution in [-0.2, 0) is 4.79 Å². The van der Waals surface area contributed by atoms with Crippen molar-refractivity contribution >= 4 is 28.3 Å². The number of nitrogens with zero attached hydrogens (tertiary/aromatic N) is 3. The molecule has 0 unspecified atom stereocenters. The lowest BCUT2D eigenvalue weighted by atomic mass is 10.00. The Bertz CT molecular complexity index is 1610. The van der Waals surface area contributed by atoms with Gasteiger partial charge in [-0.25, -0.2) is 15.0 Å². The number of carbonyl (C=O) groups excluding carboxylic acids is 1. The summed E-state index contributed by atoms with van der Waals surface area (Å²) in [5, 5.41) is 12.0. The van der Waals surface area contributed by atoms with E-state index in [1.807, 2.05) is 49.4 Å². The van der Waals surface area contributed by atoms with E-state index in [9.17, 15) is 4.79 Å². The van der Waals surface area contributed by atoms with Gasteiger partial charge in [-0.1, -0.05) is 37.1 Å². The molecular weight excluding hydrogens is 524 g/mol. The van der Waals surface area contributed by atoms with Crippen LogP contribution in [0.1, 0.15) is 56.9 Å². The Kier molecular flexibility index (Phi) is 7.24. The van der Waals surface area contributed by atoms with E-state index in [-0.39, 0.29) is 5.91 Å². The number of fused-ring (bicyclic) bond motifs is 1. The smallest absolute Gasteiger partial charge is 0.228 e. The molecule has 2 aromatic heterocycles. The number of pyridine rings is 1. The molecule has 0 radical (unpaired) electrons. The highest BCUT2D eigenvalue weighted by molar-refractivity contribution is 6.04. The number of nitrogens with one attached hydrogen (secondary N) is 3. The Morgan fingerprint density at radius 3 is 2.79 bits per heavy atom. The molecule has 3 N–H and O–H groups in total. The van der Waals surface area contributed by atoms with Crippen LogP contribution in [0.25, 0.3) is 22.0 Å². The maximum absolute atomic E-state index is 13.1. The van der Waals surface area contributed by atoms with Gasteiger partial charge in [0.05, 0.1) is 11.3 Å². The second-order valence-corrected chi connectivity index (χ2v) is 12.2. The monoisotopic (exact) mass is 562 g/mol. The minimum Gasteiger partial charge on any atom is -0.437 e. The lowest BCUT2D eigenvalue weighted by Crippen LogP contribution is -2.38. The number of piperidine rings is 1. The molecule has 42 heavy (non-hydrogen) atoms. The van der Waals surface area contributed by atoms with Crippen LogP contribution in [0, 0.1) is 18.3 Å². The van der Waals surface area contributed by atoms with E-state index >= 15 is 0 Å². The molecule has 3 fully saturated rings. The van der Waals surface area contributed by atoms with Crippen LogP contribution in [0.2, 0.25) is 0 Å². The number of ether oxygens (including phenoxy) is 1. The molecule has 1 saturated heterocycles. The molecule has 2 aliphatic carbocycles. The predicted molar refractivity (Wildman–Crippen MR) is 166 cm³/mol. The fourth-order valence-corrected chi connectivity index (χ4v) is 7.02. The Labute approximate surface area is 246 Å². The van der Waals surface area contributed by atoms with Crippen LogP contribution < -0.4 is 20.7 Å². The van der Waals surface area contributed by atoms with E-state index < -0.39 is 0 Å². The first-order chi connectivity index (χ1) is 20.6. The van der Waals surface area contributed by atoms with Crippen LogP contribution in [0.3, 0.4) is 0 Å². The van der Waals surface area contributed by atoms with Crippen LogP contribution in [0.15, 0.2) is 60.9 Å². The zero-order chi connectivity index (χ0) is 28.5. The molecule has 0 bridgehead atoms. The van der Waals surface area contributed by atoms with E-state index in [1.165, 1.54) is 32.1 Å². The van der Waals surface area contributed by atoms with Gasteiger partial charge < -0.3 is 20.7 Å². The van der Waals surface area contributed by atoms with Gasteiger partial charge in [0.1, 0.15) is 5.75 Å². The number of carbonyl (C=O) groups is 1. The van der Waals surface area contributed by atoms with Gasteiger partial charge in [-0.15, -0.1) is 0 Å². The first-order valence-corrected chi connectivity index (χ1v) is 15.3. The van der Waals surface area contributed by atoms with Gasteiger partial charge in [-0.3, -0.25) is 4.79 Å². The van der Waals surface area contributed by atoms with Gasteiger partial charge in [0.15, 0.2) is 0 Å². The van der Waals surface area contributed by atoms with Gasteiger partial charge >= 0.3 is 0 Å². The average molecular weight is 563 g/mol. The van der Waals surface area contributed by atoms with Crippen molar-refractivity contribution in [1.29, 1.82) is 0 Å². The number of aromatic nitrogens is 3. The molecule has 216 valence electrons. The first-order valence-electron chi connectivity index (χ1n) is 15.3. The maximum Gasteiger partial charge on any atom is 0.228 e. The number of hydrogen-bond acceptors (Lipinski definition) is 7. The molecule has 1 amide bonds. The van der Waals surface area contributed by atoms with Crippen molar-refractivity contribution in [3.63, 3.8) is 0 Å². The summed E-state index contributed by atoms with van der Waals surface area (Å²) in [4.78, 5) is 26.9. The maximum atomic E-state index is 13.1. The lowest BCUT2D eigenvalue weighted by molar-refractivity contribution is -0.116. The molecule has 1 spiro atoms. The second-order valence-electron chi connectivity index (χ2n) is 12.2. The van der Waals surface area contributed by atoms with Crippen LogP contribution in [0.5, 0.6) is 11.6 Å². The zero-order valence-corrected chi connectivity index (χ0v) is 24.2. The molecule has 8 heteroatoms. The quantitative estimate of drug-likeness (QED) is 0.216. The SMILES string of the molecule is Cc1ccc2c(NC(=O)C[C@H]3CC34CCCC4)cccc2c1Oc1ncccc1-c1ccnc(N[C@H]2CCCNC2)n1. The molecule has 3 aliphatic rings. The summed E-state index contributed by atoms with van der Waals surface area (Å²) < 4.78 is 6.58. The van der Waals surface area contributed by atoms with Crippen molar-refractivity contribution in [2.75, 3.05) is 23.7 Å². The fourth-order valence-electron chi connectivity index (χ4n) is 7.02. The molecule has 8 nitrogen and oxygen atoms in total. The van der Waals surface area contributed by atoms with Gasteiger partial charge in [0, 0.05) is 47.9 Å². The summed E-state index contributed by atoms with van der Waals surface area (Å²) in [5.74, 6) is 2.43. The molecule has 3 heterocycles. The third kappa shape index (κ3) is 5.43. The Balaban J connectivity index is 1.14.